The zero-order valence-corrected chi connectivity index (χ0v) is 10.4. The molecule has 1 rings (SSSR count). The fourth-order valence-corrected chi connectivity index (χ4v) is 2.08. The van der Waals surface area contributed by atoms with Gasteiger partial charge in [0, 0.05) is 26.1 Å². The number of piperidine rings is 1. The minimum absolute atomic E-state index is 0.00752. The van der Waals surface area contributed by atoms with E-state index >= 15 is 0 Å². The molecule has 0 saturated carbocycles. The molecule has 0 aromatic carbocycles. The fraction of sp³-hybridized carbons (Fsp3) is 0.833. The zero-order chi connectivity index (χ0) is 12.7. The molecule has 5 heteroatoms. The second-order valence-electron chi connectivity index (χ2n) is 4.78. The average Bonchev–Trinajstić information content (AvgIpc) is 2.28. The molecular formula is C12H22N2O3. The molecule has 1 aliphatic rings. The minimum Gasteiger partial charge on any atom is -0.481 e. The van der Waals surface area contributed by atoms with Crippen LogP contribution in [0.5, 0.6) is 0 Å². The van der Waals surface area contributed by atoms with Crippen LogP contribution in [0.4, 0.5) is 4.79 Å². The van der Waals surface area contributed by atoms with Crippen LogP contribution in [0.15, 0.2) is 0 Å². The highest BCUT2D eigenvalue weighted by Gasteiger charge is 2.20. The van der Waals surface area contributed by atoms with Crippen molar-refractivity contribution in [3.63, 3.8) is 0 Å². The number of nitrogens with zero attached hydrogens (tertiary/aromatic N) is 1. The molecule has 0 aliphatic carbocycles. The predicted octanol–water partition coefficient (Wildman–Crippen LogP) is 1.68. The van der Waals surface area contributed by atoms with Crippen LogP contribution in [-0.2, 0) is 4.79 Å². The molecule has 0 aromatic rings. The van der Waals surface area contributed by atoms with E-state index in [0.717, 1.165) is 25.9 Å². The van der Waals surface area contributed by atoms with Crippen molar-refractivity contribution in [2.45, 2.75) is 39.0 Å². The maximum absolute atomic E-state index is 11.7. The smallest absolute Gasteiger partial charge is 0.317 e. The summed E-state index contributed by atoms with van der Waals surface area (Å²) in [7, 11) is 0. The molecule has 0 bridgehead atoms. The van der Waals surface area contributed by atoms with Crippen molar-refractivity contribution in [3.8, 4) is 0 Å². The van der Waals surface area contributed by atoms with Crippen molar-refractivity contribution in [1.29, 1.82) is 0 Å². The first-order chi connectivity index (χ1) is 8.09. The Morgan fingerprint density at radius 2 is 2.18 bits per heavy atom. The second-order valence-corrected chi connectivity index (χ2v) is 4.78. The van der Waals surface area contributed by atoms with Gasteiger partial charge in [0.1, 0.15) is 0 Å². The van der Waals surface area contributed by atoms with Gasteiger partial charge < -0.3 is 15.3 Å². The minimum atomic E-state index is -0.777. The first kappa shape index (κ1) is 13.8. The molecular weight excluding hydrogens is 220 g/mol. The molecule has 0 radical (unpaired) electrons. The number of carboxylic acids is 1. The Bertz CT molecular complexity index is 268. The third-order valence-corrected chi connectivity index (χ3v) is 3.04. The average molecular weight is 242 g/mol. The van der Waals surface area contributed by atoms with E-state index < -0.39 is 5.97 Å². The summed E-state index contributed by atoms with van der Waals surface area (Å²) in [5.74, 6) is -0.192. The van der Waals surface area contributed by atoms with Gasteiger partial charge in [-0.25, -0.2) is 4.79 Å². The lowest BCUT2D eigenvalue weighted by atomic mass is 10.0. The summed E-state index contributed by atoms with van der Waals surface area (Å²) < 4.78 is 0. The van der Waals surface area contributed by atoms with Crippen LogP contribution in [0.3, 0.4) is 0 Å². The first-order valence-corrected chi connectivity index (χ1v) is 6.34. The summed E-state index contributed by atoms with van der Waals surface area (Å²) >= 11 is 0. The van der Waals surface area contributed by atoms with Crippen molar-refractivity contribution < 1.29 is 14.7 Å². The van der Waals surface area contributed by atoms with Gasteiger partial charge in [-0.2, -0.15) is 0 Å². The number of rotatable bonds is 5. The Morgan fingerprint density at radius 1 is 1.41 bits per heavy atom. The fourth-order valence-electron chi connectivity index (χ4n) is 2.08. The van der Waals surface area contributed by atoms with Gasteiger partial charge in [0.05, 0.1) is 0 Å². The Labute approximate surface area is 102 Å². The molecule has 1 saturated heterocycles. The summed E-state index contributed by atoms with van der Waals surface area (Å²) in [4.78, 5) is 23.9. The Balaban J connectivity index is 2.10. The number of amides is 2. The van der Waals surface area contributed by atoms with Crippen molar-refractivity contribution in [3.05, 3.63) is 0 Å². The van der Waals surface area contributed by atoms with Crippen LogP contribution < -0.4 is 5.32 Å². The summed E-state index contributed by atoms with van der Waals surface area (Å²) in [6.45, 7) is 4.40. The van der Waals surface area contributed by atoms with E-state index in [1.54, 1.807) is 0 Å². The highest BCUT2D eigenvalue weighted by molar-refractivity contribution is 5.74. The number of carbonyl (C=O) groups is 2. The zero-order valence-electron chi connectivity index (χ0n) is 10.4. The van der Waals surface area contributed by atoms with Crippen molar-refractivity contribution in [2.75, 3.05) is 19.6 Å². The normalized spacial score (nSPS) is 20.1. The van der Waals surface area contributed by atoms with Gasteiger partial charge in [-0.05, 0) is 31.6 Å². The van der Waals surface area contributed by atoms with Crippen molar-refractivity contribution >= 4 is 12.0 Å². The largest absolute Gasteiger partial charge is 0.481 e. The number of carboxylic acid groups (broad SMARTS) is 1. The molecule has 1 unspecified atom stereocenters. The quantitative estimate of drug-likeness (QED) is 0.721. The lowest BCUT2D eigenvalue weighted by Gasteiger charge is -2.30. The Morgan fingerprint density at radius 3 is 2.82 bits per heavy atom. The Hall–Kier alpha value is -1.26. The van der Waals surface area contributed by atoms with Crippen LogP contribution in [0, 0.1) is 5.92 Å². The molecule has 1 fully saturated rings. The second kappa shape index (κ2) is 7.14. The van der Waals surface area contributed by atoms with Gasteiger partial charge in [0.2, 0.25) is 0 Å². The highest BCUT2D eigenvalue weighted by Crippen LogP contribution is 2.15. The molecule has 17 heavy (non-hydrogen) atoms. The van der Waals surface area contributed by atoms with E-state index in [9.17, 15) is 9.59 Å². The van der Waals surface area contributed by atoms with Gasteiger partial charge in [-0.3, -0.25) is 4.79 Å². The van der Waals surface area contributed by atoms with Crippen molar-refractivity contribution in [2.24, 2.45) is 5.92 Å². The van der Waals surface area contributed by atoms with Gasteiger partial charge >= 0.3 is 12.0 Å². The number of aliphatic carboxylic acids is 1. The third-order valence-electron chi connectivity index (χ3n) is 3.04. The summed E-state index contributed by atoms with van der Waals surface area (Å²) in [6, 6.07) is -0.00752. The van der Waals surface area contributed by atoms with E-state index in [0.29, 0.717) is 18.9 Å². The van der Waals surface area contributed by atoms with Crippen LogP contribution in [0.2, 0.25) is 0 Å². The standard InChI is InChI=1S/C12H22N2O3/c1-10-5-4-8-14(9-10)12(17)13-7-3-2-6-11(15)16/h10H,2-9H2,1H3,(H,13,17)(H,15,16). The highest BCUT2D eigenvalue weighted by atomic mass is 16.4. The molecule has 5 nitrogen and oxygen atoms in total. The molecule has 1 heterocycles. The maximum Gasteiger partial charge on any atom is 0.317 e. The monoisotopic (exact) mass is 242 g/mol. The number of likely N-dealkylation sites (tertiary alicyclic amines) is 1. The number of unbranched alkanes of at least 4 members (excludes halogenated alkanes) is 1. The van der Waals surface area contributed by atoms with Crippen molar-refractivity contribution in [1.82, 2.24) is 10.2 Å². The molecule has 1 aliphatic heterocycles. The predicted molar refractivity (Wildman–Crippen MR) is 64.9 cm³/mol. The van der Waals surface area contributed by atoms with E-state index in [1.165, 1.54) is 6.42 Å². The third kappa shape index (κ3) is 5.56. The molecule has 1 atom stereocenters. The molecule has 0 spiro atoms. The van der Waals surface area contributed by atoms with Crippen LogP contribution >= 0.6 is 0 Å². The SMILES string of the molecule is CC1CCCN(C(=O)NCCCCC(=O)O)C1. The molecule has 0 aromatic heterocycles. The molecule has 98 valence electrons. The number of carbonyl (C=O) groups excluding carboxylic acids is 1. The van der Waals surface area contributed by atoms with E-state index in [-0.39, 0.29) is 12.5 Å². The summed E-state index contributed by atoms with van der Waals surface area (Å²) in [5, 5.41) is 11.3. The lowest BCUT2D eigenvalue weighted by Crippen LogP contribution is -2.45. The lowest BCUT2D eigenvalue weighted by molar-refractivity contribution is -0.137. The van der Waals surface area contributed by atoms with E-state index in [1.807, 2.05) is 4.90 Å². The van der Waals surface area contributed by atoms with E-state index in [2.05, 4.69) is 12.2 Å². The number of hydrogen-bond donors (Lipinski definition) is 2. The topological polar surface area (TPSA) is 69.6 Å². The van der Waals surface area contributed by atoms with E-state index in [4.69, 9.17) is 5.11 Å². The molecule has 2 amide bonds. The Kier molecular flexibility index (Phi) is 5.80. The number of nitrogens with one attached hydrogen (secondary N) is 1. The van der Waals surface area contributed by atoms with Gasteiger partial charge in [-0.15, -0.1) is 0 Å². The van der Waals surface area contributed by atoms with Crippen LogP contribution in [0.25, 0.3) is 0 Å². The van der Waals surface area contributed by atoms with Gasteiger partial charge in [-0.1, -0.05) is 6.92 Å². The first-order valence-electron chi connectivity index (χ1n) is 6.34. The van der Waals surface area contributed by atoms with Crippen LogP contribution in [0.1, 0.15) is 39.0 Å². The van der Waals surface area contributed by atoms with Gasteiger partial charge in [0.15, 0.2) is 0 Å². The summed E-state index contributed by atoms with van der Waals surface area (Å²) in [5.41, 5.74) is 0. The maximum atomic E-state index is 11.7. The van der Waals surface area contributed by atoms with Crippen LogP contribution in [-0.4, -0.2) is 41.6 Å². The number of hydrogen-bond acceptors (Lipinski definition) is 2. The summed E-state index contributed by atoms with van der Waals surface area (Å²) in [6.07, 6.45) is 3.79. The van der Waals surface area contributed by atoms with Gasteiger partial charge in [0.25, 0.3) is 0 Å². The molecule has 2 N–H and O–H groups in total. The number of urea groups is 1.